The van der Waals surface area contributed by atoms with Crippen molar-refractivity contribution in [2.75, 3.05) is 20.2 Å². The average Bonchev–Trinajstić information content (AvgIpc) is 2.70. The summed E-state index contributed by atoms with van der Waals surface area (Å²) in [6.45, 7) is 3.00. The first-order chi connectivity index (χ1) is 13.7. The maximum atomic E-state index is 12.6. The molecular formula is C22H32F3NO3. The molecule has 164 valence electrons. The minimum atomic E-state index is -4.41. The number of aliphatic hydroxyl groups excluding tert-OH is 1. The van der Waals surface area contributed by atoms with Crippen LogP contribution in [0.4, 0.5) is 18.0 Å². The normalized spacial score (nSPS) is 20.9. The highest BCUT2D eigenvalue weighted by atomic mass is 19.4. The van der Waals surface area contributed by atoms with Crippen molar-refractivity contribution in [1.29, 1.82) is 0 Å². The van der Waals surface area contributed by atoms with E-state index in [9.17, 15) is 23.1 Å². The Balaban J connectivity index is 1.74. The first-order valence-electron chi connectivity index (χ1n) is 10.5. The van der Waals surface area contributed by atoms with Gasteiger partial charge in [-0.15, -0.1) is 0 Å². The number of amides is 1. The molecule has 4 nitrogen and oxygen atoms in total. The largest absolute Gasteiger partial charge is 0.416 e. The first kappa shape index (κ1) is 23.5. The van der Waals surface area contributed by atoms with Gasteiger partial charge in [0.05, 0.1) is 5.56 Å². The molecule has 1 aliphatic rings. The molecule has 1 aromatic carbocycles. The van der Waals surface area contributed by atoms with E-state index in [1.807, 2.05) is 0 Å². The fourth-order valence-corrected chi connectivity index (χ4v) is 4.25. The van der Waals surface area contributed by atoms with Crippen molar-refractivity contribution in [3.63, 3.8) is 0 Å². The van der Waals surface area contributed by atoms with E-state index in [2.05, 4.69) is 6.92 Å². The third kappa shape index (κ3) is 7.21. The number of carbonyl (C=O) groups is 1. The second kappa shape index (κ2) is 10.9. The quantitative estimate of drug-likeness (QED) is 0.589. The van der Waals surface area contributed by atoms with Gasteiger partial charge in [-0.05, 0) is 67.7 Å². The van der Waals surface area contributed by atoms with Gasteiger partial charge in [0.1, 0.15) is 5.75 Å². The lowest BCUT2D eigenvalue weighted by Crippen LogP contribution is -2.32. The molecular weight excluding hydrogens is 383 g/mol. The SMILES string of the molecule is CCC(CCO)C1CCC(CCN(C)C(=O)Oc2ccc(C(F)(F)F)cc2)CC1. The maximum Gasteiger partial charge on any atom is 0.416 e. The van der Waals surface area contributed by atoms with Crippen molar-refractivity contribution >= 4 is 6.09 Å². The molecule has 0 aromatic heterocycles. The van der Waals surface area contributed by atoms with Crippen molar-refractivity contribution < 1.29 is 27.8 Å². The Morgan fingerprint density at radius 2 is 1.83 bits per heavy atom. The van der Waals surface area contributed by atoms with Gasteiger partial charge in [0.15, 0.2) is 0 Å². The maximum absolute atomic E-state index is 12.6. The van der Waals surface area contributed by atoms with Crippen LogP contribution in [0.2, 0.25) is 0 Å². The Morgan fingerprint density at radius 1 is 1.21 bits per heavy atom. The van der Waals surface area contributed by atoms with E-state index in [0.29, 0.717) is 24.3 Å². The van der Waals surface area contributed by atoms with Gasteiger partial charge in [-0.2, -0.15) is 13.2 Å². The minimum Gasteiger partial charge on any atom is -0.410 e. The number of hydrogen-bond donors (Lipinski definition) is 1. The van der Waals surface area contributed by atoms with Gasteiger partial charge in [-0.1, -0.05) is 26.2 Å². The lowest BCUT2D eigenvalue weighted by atomic mass is 9.73. The first-order valence-corrected chi connectivity index (χ1v) is 10.5. The molecule has 1 atom stereocenters. The van der Waals surface area contributed by atoms with Crippen molar-refractivity contribution in [3.8, 4) is 5.75 Å². The number of nitrogens with zero attached hydrogens (tertiary/aromatic N) is 1. The second-order valence-corrected chi connectivity index (χ2v) is 8.06. The Labute approximate surface area is 171 Å². The highest BCUT2D eigenvalue weighted by Crippen LogP contribution is 2.37. The van der Waals surface area contributed by atoms with Crippen LogP contribution in [0, 0.1) is 17.8 Å². The van der Waals surface area contributed by atoms with E-state index in [1.54, 1.807) is 7.05 Å². The average molecular weight is 415 g/mol. The number of carbonyl (C=O) groups excluding carboxylic acids is 1. The molecule has 1 fully saturated rings. The number of halogens is 3. The van der Waals surface area contributed by atoms with Gasteiger partial charge < -0.3 is 14.7 Å². The van der Waals surface area contributed by atoms with Crippen LogP contribution in [-0.2, 0) is 6.18 Å². The third-order valence-corrected chi connectivity index (χ3v) is 6.15. The Morgan fingerprint density at radius 3 is 2.34 bits per heavy atom. The fraction of sp³-hybridized carbons (Fsp3) is 0.682. The predicted octanol–water partition coefficient (Wildman–Crippen LogP) is 5.74. The van der Waals surface area contributed by atoms with Gasteiger partial charge in [0.2, 0.25) is 0 Å². The van der Waals surface area contributed by atoms with Gasteiger partial charge in [0, 0.05) is 20.2 Å². The van der Waals surface area contributed by atoms with Crippen LogP contribution in [-0.4, -0.2) is 36.3 Å². The van der Waals surface area contributed by atoms with Crippen molar-refractivity contribution in [3.05, 3.63) is 29.8 Å². The molecule has 0 radical (unpaired) electrons. The van der Waals surface area contributed by atoms with Gasteiger partial charge in [-0.3, -0.25) is 0 Å². The van der Waals surface area contributed by atoms with Gasteiger partial charge in [0.25, 0.3) is 0 Å². The Kier molecular flexibility index (Phi) is 8.80. The number of benzene rings is 1. The number of rotatable bonds is 8. The van der Waals surface area contributed by atoms with Crippen LogP contribution in [0.3, 0.4) is 0 Å². The highest BCUT2D eigenvalue weighted by Gasteiger charge is 2.30. The summed E-state index contributed by atoms with van der Waals surface area (Å²) in [7, 11) is 1.65. The standard InChI is InChI=1S/C22H32F3NO3/c1-3-17(13-15-27)18-6-4-16(5-7-18)12-14-26(2)21(28)29-20-10-8-19(9-11-20)22(23,24)25/h8-11,16-18,27H,3-7,12-15H2,1-2H3. The van der Waals surface area contributed by atoms with Crippen LogP contribution in [0.15, 0.2) is 24.3 Å². The van der Waals surface area contributed by atoms with Crippen molar-refractivity contribution in [2.45, 2.75) is 58.0 Å². The summed E-state index contributed by atoms with van der Waals surface area (Å²) in [6.07, 6.45) is 2.51. The molecule has 29 heavy (non-hydrogen) atoms. The molecule has 0 spiro atoms. The van der Waals surface area contributed by atoms with E-state index in [4.69, 9.17) is 4.74 Å². The number of aliphatic hydroxyl groups is 1. The van der Waals surface area contributed by atoms with E-state index in [-0.39, 0.29) is 12.4 Å². The summed E-state index contributed by atoms with van der Waals surface area (Å²) in [6, 6.07) is 4.13. The molecule has 7 heteroatoms. The smallest absolute Gasteiger partial charge is 0.410 e. The fourth-order valence-electron chi connectivity index (χ4n) is 4.25. The summed E-state index contributed by atoms with van der Waals surface area (Å²) in [5.41, 5.74) is -0.773. The molecule has 1 unspecified atom stereocenters. The molecule has 0 saturated heterocycles. The monoisotopic (exact) mass is 415 g/mol. The summed E-state index contributed by atoms with van der Waals surface area (Å²) in [5.74, 6) is 1.96. The van der Waals surface area contributed by atoms with Crippen LogP contribution < -0.4 is 4.74 Å². The number of hydrogen-bond acceptors (Lipinski definition) is 3. The molecule has 1 aromatic rings. The van der Waals surface area contributed by atoms with E-state index in [1.165, 1.54) is 17.7 Å². The molecule has 0 heterocycles. The lowest BCUT2D eigenvalue weighted by molar-refractivity contribution is -0.137. The van der Waals surface area contributed by atoms with Crippen molar-refractivity contribution in [2.24, 2.45) is 17.8 Å². The third-order valence-electron chi connectivity index (χ3n) is 6.15. The zero-order chi connectivity index (χ0) is 21.4. The van der Waals surface area contributed by atoms with Crippen molar-refractivity contribution in [1.82, 2.24) is 4.90 Å². The molecule has 0 bridgehead atoms. The second-order valence-electron chi connectivity index (χ2n) is 8.06. The van der Waals surface area contributed by atoms with E-state index < -0.39 is 17.8 Å². The topological polar surface area (TPSA) is 49.8 Å². The summed E-state index contributed by atoms with van der Waals surface area (Å²) < 4.78 is 42.9. The summed E-state index contributed by atoms with van der Waals surface area (Å²) >= 11 is 0. The molecule has 1 saturated carbocycles. The predicted molar refractivity (Wildman–Crippen MR) is 106 cm³/mol. The Hall–Kier alpha value is -1.76. The lowest BCUT2D eigenvalue weighted by Gasteiger charge is -2.34. The van der Waals surface area contributed by atoms with Gasteiger partial charge >= 0.3 is 12.3 Å². The molecule has 1 aliphatic carbocycles. The number of ether oxygens (including phenoxy) is 1. The molecule has 1 N–H and O–H groups in total. The van der Waals surface area contributed by atoms with Gasteiger partial charge in [-0.25, -0.2) is 4.79 Å². The van der Waals surface area contributed by atoms with Crippen LogP contribution in [0.5, 0.6) is 5.75 Å². The highest BCUT2D eigenvalue weighted by molar-refractivity contribution is 5.70. The minimum absolute atomic E-state index is 0.102. The molecule has 1 amide bonds. The van der Waals surface area contributed by atoms with Crippen LogP contribution >= 0.6 is 0 Å². The van der Waals surface area contributed by atoms with Crippen LogP contribution in [0.1, 0.15) is 57.4 Å². The van der Waals surface area contributed by atoms with Crippen LogP contribution in [0.25, 0.3) is 0 Å². The Bertz CT molecular complexity index is 625. The summed E-state index contributed by atoms with van der Waals surface area (Å²) in [4.78, 5) is 13.7. The zero-order valence-electron chi connectivity index (χ0n) is 17.3. The number of alkyl halides is 3. The molecule has 0 aliphatic heterocycles. The zero-order valence-corrected chi connectivity index (χ0v) is 17.3. The summed E-state index contributed by atoms with van der Waals surface area (Å²) in [5, 5.41) is 9.20. The molecule has 2 rings (SSSR count). The van der Waals surface area contributed by atoms with E-state index >= 15 is 0 Å². The van der Waals surface area contributed by atoms with E-state index in [0.717, 1.165) is 56.4 Å².